The summed E-state index contributed by atoms with van der Waals surface area (Å²) >= 11 is 0. The van der Waals surface area contributed by atoms with Crippen LogP contribution < -0.4 is 9.80 Å². The maximum Gasteiger partial charge on any atom is 0.225 e. The molecule has 2 aromatic heterocycles. The van der Waals surface area contributed by atoms with Gasteiger partial charge in [-0.2, -0.15) is 0 Å². The molecule has 0 N–H and O–H groups in total. The molecule has 0 amide bonds. The highest BCUT2D eigenvalue weighted by Crippen LogP contribution is 2.24. The lowest BCUT2D eigenvalue weighted by Crippen LogP contribution is -2.39. The minimum Gasteiger partial charge on any atom is -0.368 e. The van der Waals surface area contributed by atoms with Crippen LogP contribution >= 0.6 is 0 Å². The Labute approximate surface area is 130 Å². The van der Waals surface area contributed by atoms with E-state index in [1.165, 1.54) is 0 Å². The largest absolute Gasteiger partial charge is 0.368 e. The fraction of sp³-hybridized carbons (Fsp3) is 0.467. The summed E-state index contributed by atoms with van der Waals surface area (Å²) in [7, 11) is 3.94. The molecule has 1 saturated heterocycles. The predicted octanol–water partition coefficient (Wildman–Crippen LogP) is 1.22. The minimum absolute atomic E-state index is 0.0991. The van der Waals surface area contributed by atoms with Gasteiger partial charge in [-0.05, 0) is 13.0 Å². The number of nitrogens with zero attached hydrogens (tertiary/aromatic N) is 6. The molecule has 2 aromatic rings. The van der Waals surface area contributed by atoms with Gasteiger partial charge < -0.3 is 14.5 Å². The minimum atomic E-state index is -0.0991. The molecular formula is C15H20N6O. The van der Waals surface area contributed by atoms with Crippen LogP contribution in [0, 0.1) is 6.92 Å². The maximum atomic E-state index is 5.90. The number of morpholine rings is 1. The van der Waals surface area contributed by atoms with Gasteiger partial charge in [0.15, 0.2) is 0 Å². The number of hydrogen-bond donors (Lipinski definition) is 0. The third-order valence-corrected chi connectivity index (χ3v) is 3.53. The summed E-state index contributed by atoms with van der Waals surface area (Å²) in [6, 6.07) is 3.80. The highest BCUT2D eigenvalue weighted by molar-refractivity contribution is 5.39. The Balaban J connectivity index is 1.83. The van der Waals surface area contributed by atoms with Crippen molar-refractivity contribution < 1.29 is 4.74 Å². The molecule has 0 radical (unpaired) electrons. The summed E-state index contributed by atoms with van der Waals surface area (Å²) in [5, 5.41) is 0. The Hall–Kier alpha value is -2.28. The van der Waals surface area contributed by atoms with Crippen LogP contribution in [0.2, 0.25) is 0 Å². The quantitative estimate of drug-likeness (QED) is 0.844. The summed E-state index contributed by atoms with van der Waals surface area (Å²) in [5.41, 5.74) is 0.900. The first kappa shape index (κ1) is 14.6. The van der Waals surface area contributed by atoms with Gasteiger partial charge in [-0.15, -0.1) is 0 Å². The van der Waals surface area contributed by atoms with E-state index in [1.807, 2.05) is 38.1 Å². The van der Waals surface area contributed by atoms with Crippen LogP contribution in [0.1, 0.15) is 17.6 Å². The van der Waals surface area contributed by atoms with Gasteiger partial charge in [0.05, 0.1) is 18.8 Å². The van der Waals surface area contributed by atoms with E-state index in [0.717, 1.165) is 29.8 Å². The van der Waals surface area contributed by atoms with Crippen LogP contribution in [0.15, 0.2) is 24.5 Å². The first-order valence-electron chi connectivity index (χ1n) is 7.30. The monoisotopic (exact) mass is 300 g/mol. The second-order valence-corrected chi connectivity index (χ2v) is 5.45. The van der Waals surface area contributed by atoms with Crippen molar-refractivity contribution in [1.29, 1.82) is 0 Å². The van der Waals surface area contributed by atoms with Crippen molar-refractivity contribution in [3.8, 4) is 0 Å². The number of anilines is 2. The Kier molecular flexibility index (Phi) is 4.15. The van der Waals surface area contributed by atoms with E-state index in [4.69, 9.17) is 4.74 Å². The van der Waals surface area contributed by atoms with E-state index >= 15 is 0 Å². The smallest absolute Gasteiger partial charge is 0.225 e. The predicted molar refractivity (Wildman–Crippen MR) is 84.0 cm³/mol. The molecule has 0 saturated carbocycles. The molecule has 3 rings (SSSR count). The van der Waals surface area contributed by atoms with Gasteiger partial charge in [0.1, 0.15) is 17.7 Å². The molecule has 1 aliphatic heterocycles. The first-order valence-corrected chi connectivity index (χ1v) is 7.30. The van der Waals surface area contributed by atoms with Gasteiger partial charge in [0.2, 0.25) is 5.95 Å². The number of rotatable bonds is 3. The third kappa shape index (κ3) is 3.14. The lowest BCUT2D eigenvalue weighted by molar-refractivity contribution is 0.0363. The molecule has 22 heavy (non-hydrogen) atoms. The molecule has 7 nitrogen and oxygen atoms in total. The van der Waals surface area contributed by atoms with Gasteiger partial charge in [-0.3, -0.25) is 0 Å². The van der Waals surface area contributed by atoms with Gasteiger partial charge >= 0.3 is 0 Å². The molecule has 1 atom stereocenters. The fourth-order valence-electron chi connectivity index (χ4n) is 2.43. The van der Waals surface area contributed by atoms with Crippen molar-refractivity contribution in [1.82, 2.24) is 19.9 Å². The van der Waals surface area contributed by atoms with Crippen molar-refractivity contribution in [3.05, 3.63) is 36.0 Å². The second-order valence-electron chi connectivity index (χ2n) is 5.45. The van der Waals surface area contributed by atoms with Crippen molar-refractivity contribution in [2.75, 3.05) is 43.6 Å². The molecule has 1 fully saturated rings. The van der Waals surface area contributed by atoms with Crippen LogP contribution in [-0.4, -0.2) is 53.7 Å². The van der Waals surface area contributed by atoms with E-state index < -0.39 is 0 Å². The molecule has 0 spiro atoms. The van der Waals surface area contributed by atoms with E-state index in [0.29, 0.717) is 13.2 Å². The van der Waals surface area contributed by atoms with Crippen LogP contribution in [0.25, 0.3) is 0 Å². The molecule has 116 valence electrons. The zero-order chi connectivity index (χ0) is 15.5. The van der Waals surface area contributed by atoms with Crippen LogP contribution in [0.4, 0.5) is 11.8 Å². The Bertz CT molecular complexity index is 633. The van der Waals surface area contributed by atoms with Crippen molar-refractivity contribution in [2.45, 2.75) is 13.0 Å². The average molecular weight is 300 g/mol. The molecule has 1 aliphatic rings. The Morgan fingerprint density at radius 1 is 1.23 bits per heavy atom. The molecule has 1 unspecified atom stereocenters. The number of hydrogen-bond acceptors (Lipinski definition) is 7. The lowest BCUT2D eigenvalue weighted by Gasteiger charge is -2.32. The topological polar surface area (TPSA) is 67.3 Å². The second kappa shape index (κ2) is 6.23. The Morgan fingerprint density at radius 3 is 2.73 bits per heavy atom. The number of aromatic nitrogens is 4. The highest BCUT2D eigenvalue weighted by Gasteiger charge is 2.25. The van der Waals surface area contributed by atoms with Crippen LogP contribution in [-0.2, 0) is 4.74 Å². The van der Waals surface area contributed by atoms with E-state index in [-0.39, 0.29) is 6.10 Å². The van der Waals surface area contributed by atoms with Gasteiger partial charge in [0, 0.05) is 39.1 Å². The molecular weight excluding hydrogens is 280 g/mol. The highest BCUT2D eigenvalue weighted by atomic mass is 16.5. The summed E-state index contributed by atoms with van der Waals surface area (Å²) in [6.45, 7) is 4.00. The normalized spacial score (nSPS) is 18.3. The molecule has 0 aliphatic carbocycles. The van der Waals surface area contributed by atoms with Crippen LogP contribution in [0.5, 0.6) is 0 Å². The van der Waals surface area contributed by atoms with Crippen molar-refractivity contribution in [3.63, 3.8) is 0 Å². The first-order chi connectivity index (χ1) is 10.6. The van der Waals surface area contributed by atoms with E-state index in [1.54, 1.807) is 12.4 Å². The van der Waals surface area contributed by atoms with Gasteiger partial charge in [0.25, 0.3) is 0 Å². The maximum absolute atomic E-state index is 5.90. The van der Waals surface area contributed by atoms with Crippen LogP contribution in [0.3, 0.4) is 0 Å². The third-order valence-electron chi connectivity index (χ3n) is 3.53. The van der Waals surface area contributed by atoms with Crippen molar-refractivity contribution >= 4 is 11.8 Å². The summed E-state index contributed by atoms with van der Waals surface area (Å²) in [6.07, 6.45) is 3.41. The number of aryl methyl sites for hydroxylation is 1. The molecule has 0 aromatic carbocycles. The average Bonchev–Trinajstić information content (AvgIpc) is 2.55. The van der Waals surface area contributed by atoms with Gasteiger partial charge in [-0.1, -0.05) is 0 Å². The van der Waals surface area contributed by atoms with E-state index in [2.05, 4.69) is 24.8 Å². The molecule has 7 heteroatoms. The zero-order valence-electron chi connectivity index (χ0n) is 13.1. The molecule has 0 bridgehead atoms. The molecule has 3 heterocycles. The summed E-state index contributed by atoms with van der Waals surface area (Å²) in [4.78, 5) is 21.7. The fourth-order valence-corrected chi connectivity index (χ4v) is 2.43. The standard InChI is InChI=1S/C15H20N6O/c1-11-18-12(9-14(19-11)20(2)3)13-10-21(7-8-22-13)15-16-5-4-6-17-15/h4-6,9,13H,7-8,10H2,1-3H3. The SMILES string of the molecule is Cc1nc(C2CN(c3ncccn3)CCO2)cc(N(C)C)n1. The van der Waals surface area contributed by atoms with E-state index in [9.17, 15) is 0 Å². The zero-order valence-corrected chi connectivity index (χ0v) is 13.1. The van der Waals surface area contributed by atoms with Gasteiger partial charge in [-0.25, -0.2) is 19.9 Å². The summed E-state index contributed by atoms with van der Waals surface area (Å²) < 4.78 is 5.90. The summed E-state index contributed by atoms with van der Waals surface area (Å²) in [5.74, 6) is 2.37. The lowest BCUT2D eigenvalue weighted by atomic mass is 10.2. The Morgan fingerprint density at radius 2 is 2.00 bits per heavy atom. The van der Waals surface area contributed by atoms with Crippen molar-refractivity contribution in [2.24, 2.45) is 0 Å². The number of ether oxygens (including phenoxy) is 1.